The fourth-order valence-corrected chi connectivity index (χ4v) is 2.58. The minimum atomic E-state index is 0.151. The lowest BCUT2D eigenvalue weighted by Gasteiger charge is -2.17. The fraction of sp³-hybridized carbons (Fsp3) is 0.357. The van der Waals surface area contributed by atoms with Crippen molar-refractivity contribution in [2.45, 2.75) is 19.4 Å². The normalized spacial score (nSPS) is 18.3. The zero-order valence-corrected chi connectivity index (χ0v) is 12.7. The van der Waals surface area contributed by atoms with Crippen molar-refractivity contribution in [3.63, 3.8) is 0 Å². The van der Waals surface area contributed by atoms with E-state index >= 15 is 0 Å². The molecule has 0 saturated carbocycles. The summed E-state index contributed by atoms with van der Waals surface area (Å²) in [5, 5.41) is 0. The Morgan fingerprint density at radius 3 is 3.05 bits per heavy atom. The van der Waals surface area contributed by atoms with E-state index in [1.165, 1.54) is 0 Å². The predicted molar refractivity (Wildman–Crippen MR) is 80.0 cm³/mol. The summed E-state index contributed by atoms with van der Waals surface area (Å²) >= 11 is 3.45. The second kappa shape index (κ2) is 5.75. The molecule has 2 aromatic heterocycles. The number of rotatable bonds is 3. The van der Waals surface area contributed by atoms with Gasteiger partial charge in [0.2, 0.25) is 5.95 Å². The van der Waals surface area contributed by atoms with Crippen molar-refractivity contribution in [3.8, 4) is 5.75 Å². The number of nitrogens with zero attached hydrogens (tertiary/aromatic N) is 4. The third-order valence-electron chi connectivity index (χ3n) is 3.24. The molecule has 0 N–H and O–H groups in total. The molecule has 0 amide bonds. The van der Waals surface area contributed by atoms with Crippen molar-refractivity contribution in [3.05, 3.63) is 40.9 Å². The molecule has 3 rings (SSSR count). The Labute approximate surface area is 126 Å². The molecule has 5 nitrogen and oxygen atoms in total. The summed E-state index contributed by atoms with van der Waals surface area (Å²) in [7, 11) is 0. The van der Waals surface area contributed by atoms with Crippen LogP contribution in [0.1, 0.15) is 12.1 Å². The van der Waals surface area contributed by atoms with Gasteiger partial charge >= 0.3 is 0 Å². The second-order valence-corrected chi connectivity index (χ2v) is 5.63. The molecule has 3 heterocycles. The summed E-state index contributed by atoms with van der Waals surface area (Å²) in [4.78, 5) is 15.0. The average Bonchev–Trinajstić information content (AvgIpc) is 2.90. The van der Waals surface area contributed by atoms with Gasteiger partial charge in [-0.1, -0.05) is 0 Å². The van der Waals surface area contributed by atoms with Crippen LogP contribution in [-0.2, 0) is 0 Å². The number of pyridine rings is 1. The van der Waals surface area contributed by atoms with Crippen LogP contribution in [0.2, 0.25) is 0 Å². The lowest BCUT2D eigenvalue weighted by molar-refractivity contribution is 0.223. The molecule has 2 aromatic rings. The van der Waals surface area contributed by atoms with Gasteiger partial charge in [-0.3, -0.25) is 4.98 Å². The molecule has 6 heteroatoms. The highest BCUT2D eigenvalue weighted by Crippen LogP contribution is 2.26. The summed E-state index contributed by atoms with van der Waals surface area (Å²) in [6.07, 6.45) is 6.39. The first-order valence-electron chi connectivity index (χ1n) is 6.53. The van der Waals surface area contributed by atoms with E-state index in [9.17, 15) is 0 Å². The third-order valence-corrected chi connectivity index (χ3v) is 3.83. The Hall–Kier alpha value is -1.69. The van der Waals surface area contributed by atoms with Crippen molar-refractivity contribution in [2.24, 2.45) is 0 Å². The van der Waals surface area contributed by atoms with Crippen LogP contribution in [0, 0.1) is 6.92 Å². The van der Waals surface area contributed by atoms with Crippen molar-refractivity contribution < 1.29 is 4.74 Å². The number of hydrogen-bond donors (Lipinski definition) is 0. The van der Waals surface area contributed by atoms with Crippen molar-refractivity contribution >= 4 is 21.9 Å². The van der Waals surface area contributed by atoms with Gasteiger partial charge in [-0.2, -0.15) is 0 Å². The molecule has 0 aliphatic carbocycles. The molecule has 0 radical (unpaired) electrons. The van der Waals surface area contributed by atoms with Crippen LogP contribution in [0.4, 0.5) is 5.95 Å². The van der Waals surface area contributed by atoms with Gasteiger partial charge in [-0.25, -0.2) is 9.97 Å². The Morgan fingerprint density at radius 1 is 1.35 bits per heavy atom. The van der Waals surface area contributed by atoms with Crippen molar-refractivity contribution in [1.29, 1.82) is 0 Å². The minimum absolute atomic E-state index is 0.151. The van der Waals surface area contributed by atoms with Gasteiger partial charge < -0.3 is 9.64 Å². The molecule has 1 unspecified atom stereocenters. The van der Waals surface area contributed by atoms with Crippen LogP contribution in [0.3, 0.4) is 0 Å². The third kappa shape index (κ3) is 2.90. The number of aromatic nitrogens is 3. The maximum absolute atomic E-state index is 6.00. The van der Waals surface area contributed by atoms with Crippen LogP contribution < -0.4 is 9.64 Å². The zero-order valence-electron chi connectivity index (χ0n) is 11.2. The minimum Gasteiger partial charge on any atom is -0.487 e. The first-order chi connectivity index (χ1) is 9.72. The molecule has 1 aliphatic rings. The Bertz CT molecular complexity index is 607. The molecule has 1 atom stereocenters. The summed E-state index contributed by atoms with van der Waals surface area (Å²) in [5.74, 6) is 1.61. The average molecular weight is 335 g/mol. The van der Waals surface area contributed by atoms with Crippen LogP contribution in [0.5, 0.6) is 5.75 Å². The zero-order chi connectivity index (χ0) is 13.9. The predicted octanol–water partition coefficient (Wildman–Crippen LogP) is 2.60. The summed E-state index contributed by atoms with van der Waals surface area (Å²) in [6, 6.07) is 3.78. The maximum Gasteiger partial charge on any atom is 0.225 e. The molecule has 1 saturated heterocycles. The van der Waals surface area contributed by atoms with Gasteiger partial charge in [0.15, 0.2) is 0 Å². The van der Waals surface area contributed by atoms with Gasteiger partial charge in [-0.15, -0.1) is 0 Å². The number of ether oxygens (including phenoxy) is 1. The molecule has 0 aromatic carbocycles. The van der Waals surface area contributed by atoms with Gasteiger partial charge in [0.25, 0.3) is 0 Å². The molecule has 1 aliphatic heterocycles. The van der Waals surface area contributed by atoms with Gasteiger partial charge in [-0.05, 0) is 35.0 Å². The van der Waals surface area contributed by atoms with Crippen molar-refractivity contribution in [2.75, 3.05) is 18.0 Å². The summed E-state index contributed by atoms with van der Waals surface area (Å²) < 4.78 is 6.88. The van der Waals surface area contributed by atoms with Crippen molar-refractivity contribution in [1.82, 2.24) is 15.0 Å². The highest BCUT2D eigenvalue weighted by molar-refractivity contribution is 9.10. The van der Waals surface area contributed by atoms with Crippen LogP contribution in [0.25, 0.3) is 0 Å². The van der Waals surface area contributed by atoms with E-state index in [0.29, 0.717) is 0 Å². The van der Waals surface area contributed by atoms with Crippen LogP contribution in [-0.4, -0.2) is 34.1 Å². The molecule has 1 fully saturated rings. The van der Waals surface area contributed by atoms with Gasteiger partial charge in [0.05, 0.1) is 11.0 Å². The van der Waals surface area contributed by atoms with E-state index in [0.717, 1.165) is 41.4 Å². The molecule has 0 spiro atoms. The number of anilines is 1. The molecular formula is C14H15BrN4O. The van der Waals surface area contributed by atoms with E-state index in [1.54, 1.807) is 18.6 Å². The van der Waals surface area contributed by atoms with E-state index in [1.807, 2.05) is 19.1 Å². The first-order valence-corrected chi connectivity index (χ1v) is 7.32. The lowest BCUT2D eigenvalue weighted by Crippen LogP contribution is -2.26. The summed E-state index contributed by atoms with van der Waals surface area (Å²) in [6.45, 7) is 3.69. The van der Waals surface area contributed by atoms with E-state index < -0.39 is 0 Å². The number of hydrogen-bond acceptors (Lipinski definition) is 5. The lowest BCUT2D eigenvalue weighted by atomic mass is 10.3. The first kappa shape index (κ1) is 13.3. The highest BCUT2D eigenvalue weighted by Gasteiger charge is 2.26. The number of halogens is 1. The SMILES string of the molecule is Cc1ccnc(N2CCC(Oc3ccncc3Br)C2)n1. The molecular weight excluding hydrogens is 320 g/mol. The largest absolute Gasteiger partial charge is 0.487 e. The van der Waals surface area contributed by atoms with Crippen LogP contribution in [0.15, 0.2) is 35.2 Å². The van der Waals surface area contributed by atoms with E-state index in [2.05, 4.69) is 35.8 Å². The standard InChI is InChI=1S/C14H15BrN4O/c1-10-2-6-17-14(18-10)19-7-4-11(9-19)20-13-3-5-16-8-12(13)15/h2-3,5-6,8,11H,4,7,9H2,1H3. The van der Waals surface area contributed by atoms with Gasteiger partial charge in [0, 0.05) is 37.3 Å². The smallest absolute Gasteiger partial charge is 0.225 e. The molecule has 104 valence electrons. The van der Waals surface area contributed by atoms with E-state index in [4.69, 9.17) is 4.74 Å². The quantitative estimate of drug-likeness (QED) is 0.863. The Morgan fingerprint density at radius 2 is 2.25 bits per heavy atom. The molecule has 0 bridgehead atoms. The number of aryl methyl sites for hydroxylation is 1. The molecule has 20 heavy (non-hydrogen) atoms. The van der Waals surface area contributed by atoms with E-state index in [-0.39, 0.29) is 6.10 Å². The Balaban J connectivity index is 1.67. The van der Waals surface area contributed by atoms with Gasteiger partial charge in [0.1, 0.15) is 11.9 Å². The Kier molecular flexibility index (Phi) is 3.82. The maximum atomic E-state index is 6.00. The monoisotopic (exact) mass is 334 g/mol. The second-order valence-electron chi connectivity index (χ2n) is 4.78. The fourth-order valence-electron chi connectivity index (χ4n) is 2.23. The topological polar surface area (TPSA) is 51.1 Å². The van der Waals surface area contributed by atoms with Crippen LogP contribution >= 0.6 is 15.9 Å². The summed E-state index contributed by atoms with van der Waals surface area (Å²) in [5.41, 5.74) is 0.983. The highest BCUT2D eigenvalue weighted by atomic mass is 79.9.